The molecular weight excluding hydrogens is 398 g/mol. The fraction of sp³-hybridized carbons (Fsp3) is 0.577. The summed E-state index contributed by atoms with van der Waals surface area (Å²) in [6.45, 7) is 10.3. The third kappa shape index (κ3) is 5.40. The van der Waals surface area contributed by atoms with Crippen molar-refractivity contribution in [3.8, 4) is 0 Å². The molecule has 0 unspecified atom stereocenters. The normalized spacial score (nSPS) is 20.8. The summed E-state index contributed by atoms with van der Waals surface area (Å²) in [4.78, 5) is 17.5. The van der Waals surface area contributed by atoms with Gasteiger partial charge in [-0.2, -0.15) is 0 Å². The van der Waals surface area contributed by atoms with Crippen LogP contribution in [-0.4, -0.2) is 42.3 Å². The zero-order chi connectivity index (χ0) is 22.5. The molecule has 0 bridgehead atoms. The number of nitrogens with one attached hydrogen (secondary N) is 1. The van der Waals surface area contributed by atoms with Crippen molar-refractivity contribution in [3.63, 3.8) is 0 Å². The van der Waals surface area contributed by atoms with Crippen LogP contribution in [-0.2, 0) is 11.2 Å². The zero-order valence-corrected chi connectivity index (χ0v) is 19.8. The first kappa shape index (κ1) is 22.6. The number of benzene rings is 1. The number of hydrogen-bond donors (Lipinski definition) is 1. The first-order valence-electron chi connectivity index (χ1n) is 12.3. The van der Waals surface area contributed by atoms with Crippen LogP contribution in [0.3, 0.4) is 0 Å². The summed E-state index contributed by atoms with van der Waals surface area (Å²) in [7, 11) is 0. The number of piperidine rings is 2. The second kappa shape index (κ2) is 10.3. The fourth-order valence-electron chi connectivity index (χ4n) is 4.75. The molecule has 2 saturated heterocycles. The average Bonchev–Trinajstić information content (AvgIpc) is 2.84. The molecule has 1 N–H and O–H groups in total. The van der Waals surface area contributed by atoms with Crippen LogP contribution in [0.4, 0.5) is 11.6 Å². The van der Waals surface area contributed by atoms with Gasteiger partial charge < -0.3 is 15.1 Å². The number of anilines is 2. The number of amides is 1. The van der Waals surface area contributed by atoms with Crippen molar-refractivity contribution in [2.75, 3.05) is 36.0 Å². The van der Waals surface area contributed by atoms with Crippen LogP contribution in [0.25, 0.3) is 0 Å². The van der Waals surface area contributed by atoms with Gasteiger partial charge in [-0.3, -0.25) is 4.79 Å². The fourth-order valence-corrected chi connectivity index (χ4v) is 4.75. The maximum atomic E-state index is 13.0. The minimum atomic E-state index is -0.0221. The lowest BCUT2D eigenvalue weighted by molar-refractivity contribution is -0.125. The lowest BCUT2D eigenvalue weighted by Gasteiger charge is -2.34. The molecular formula is C26H37N5O. The Morgan fingerprint density at radius 1 is 1.00 bits per heavy atom. The van der Waals surface area contributed by atoms with E-state index in [0.29, 0.717) is 6.54 Å². The number of hydrogen-bond acceptors (Lipinski definition) is 5. The van der Waals surface area contributed by atoms with Crippen molar-refractivity contribution in [2.45, 2.75) is 58.9 Å². The van der Waals surface area contributed by atoms with Crippen molar-refractivity contribution in [1.82, 2.24) is 15.5 Å². The molecule has 172 valence electrons. The van der Waals surface area contributed by atoms with Crippen molar-refractivity contribution in [2.24, 2.45) is 11.8 Å². The van der Waals surface area contributed by atoms with E-state index in [4.69, 9.17) is 0 Å². The van der Waals surface area contributed by atoms with Crippen LogP contribution in [0.1, 0.15) is 63.6 Å². The number of nitrogens with zero attached hydrogens (tertiary/aromatic N) is 4. The van der Waals surface area contributed by atoms with Crippen molar-refractivity contribution in [1.29, 1.82) is 0 Å². The van der Waals surface area contributed by atoms with Gasteiger partial charge in [0.25, 0.3) is 0 Å². The molecule has 2 fully saturated rings. The van der Waals surface area contributed by atoms with E-state index in [1.165, 1.54) is 18.4 Å². The molecule has 1 aromatic heterocycles. The Bertz CT molecular complexity index is 874. The third-order valence-corrected chi connectivity index (χ3v) is 7.11. The maximum Gasteiger partial charge on any atom is 0.225 e. The number of carbonyl (C=O) groups is 1. The van der Waals surface area contributed by atoms with Gasteiger partial charge in [-0.25, -0.2) is 0 Å². The van der Waals surface area contributed by atoms with E-state index in [1.54, 1.807) is 0 Å². The molecule has 2 atom stereocenters. The molecule has 4 rings (SSSR count). The first-order valence-corrected chi connectivity index (χ1v) is 12.3. The van der Waals surface area contributed by atoms with E-state index >= 15 is 0 Å². The molecule has 2 aliphatic heterocycles. The topological polar surface area (TPSA) is 61.4 Å². The standard InChI is InChI=1S/C26H37N5O/c1-4-21-7-9-22(10-8-21)20(3)27-26(32)23-6-5-15-31(18-23)25-12-11-24(28-29-25)30-16-13-19(2)14-17-30/h7-12,19-20,23H,4-6,13-18H2,1-3H3,(H,27,32)/t20-,23+/m0/s1. The van der Waals surface area contributed by atoms with Crippen LogP contribution >= 0.6 is 0 Å². The van der Waals surface area contributed by atoms with Crippen LogP contribution in [0.5, 0.6) is 0 Å². The summed E-state index contributed by atoms with van der Waals surface area (Å²) in [6, 6.07) is 12.7. The lowest BCUT2D eigenvalue weighted by atomic mass is 9.96. The van der Waals surface area contributed by atoms with E-state index in [9.17, 15) is 4.79 Å². The Kier molecular flexibility index (Phi) is 7.28. The van der Waals surface area contributed by atoms with Gasteiger partial charge >= 0.3 is 0 Å². The Labute approximate surface area is 192 Å². The van der Waals surface area contributed by atoms with Gasteiger partial charge in [0.15, 0.2) is 11.6 Å². The third-order valence-electron chi connectivity index (χ3n) is 7.11. The number of rotatable bonds is 6. The SMILES string of the molecule is CCc1ccc([C@H](C)NC(=O)[C@@H]2CCCN(c3ccc(N4CCC(C)CC4)nn3)C2)cc1. The Hall–Kier alpha value is -2.63. The van der Waals surface area contributed by atoms with Crippen LogP contribution < -0.4 is 15.1 Å². The summed E-state index contributed by atoms with van der Waals surface area (Å²) in [6.07, 6.45) is 5.37. The Morgan fingerprint density at radius 3 is 2.28 bits per heavy atom. The molecule has 0 spiro atoms. The van der Waals surface area contributed by atoms with Gasteiger partial charge in [0, 0.05) is 26.2 Å². The highest BCUT2D eigenvalue weighted by atomic mass is 16.2. The zero-order valence-electron chi connectivity index (χ0n) is 19.8. The highest BCUT2D eigenvalue weighted by Crippen LogP contribution is 2.25. The molecule has 3 heterocycles. The van der Waals surface area contributed by atoms with Gasteiger partial charge in [0.05, 0.1) is 12.0 Å². The summed E-state index contributed by atoms with van der Waals surface area (Å²) >= 11 is 0. The number of carbonyl (C=O) groups excluding carboxylic acids is 1. The highest BCUT2D eigenvalue weighted by Gasteiger charge is 2.28. The summed E-state index contributed by atoms with van der Waals surface area (Å²) < 4.78 is 0. The van der Waals surface area contributed by atoms with Gasteiger partial charge in [0.2, 0.25) is 5.91 Å². The van der Waals surface area contributed by atoms with E-state index in [0.717, 1.165) is 62.0 Å². The molecule has 6 heteroatoms. The molecule has 2 aromatic rings. The van der Waals surface area contributed by atoms with Crippen LogP contribution in [0, 0.1) is 11.8 Å². The number of aryl methyl sites for hydroxylation is 1. The second-order valence-electron chi connectivity index (χ2n) is 9.53. The van der Waals surface area contributed by atoms with E-state index < -0.39 is 0 Å². The van der Waals surface area contributed by atoms with E-state index in [2.05, 4.69) is 82.5 Å². The summed E-state index contributed by atoms with van der Waals surface area (Å²) in [5.41, 5.74) is 2.47. The monoisotopic (exact) mass is 435 g/mol. The van der Waals surface area contributed by atoms with E-state index in [-0.39, 0.29) is 17.9 Å². The van der Waals surface area contributed by atoms with Crippen LogP contribution in [0.2, 0.25) is 0 Å². The lowest BCUT2D eigenvalue weighted by Crippen LogP contribution is -2.44. The molecule has 0 radical (unpaired) electrons. The quantitative estimate of drug-likeness (QED) is 0.730. The maximum absolute atomic E-state index is 13.0. The van der Waals surface area contributed by atoms with Gasteiger partial charge in [-0.05, 0) is 68.2 Å². The molecule has 1 aromatic carbocycles. The average molecular weight is 436 g/mol. The molecule has 0 saturated carbocycles. The minimum absolute atomic E-state index is 0.00937. The summed E-state index contributed by atoms with van der Waals surface area (Å²) in [5, 5.41) is 12.2. The first-order chi connectivity index (χ1) is 15.5. The molecule has 0 aliphatic carbocycles. The largest absolute Gasteiger partial charge is 0.355 e. The Morgan fingerprint density at radius 2 is 1.66 bits per heavy atom. The smallest absolute Gasteiger partial charge is 0.225 e. The predicted molar refractivity (Wildman–Crippen MR) is 130 cm³/mol. The molecule has 6 nitrogen and oxygen atoms in total. The van der Waals surface area contributed by atoms with Crippen molar-refractivity contribution >= 4 is 17.5 Å². The predicted octanol–water partition coefficient (Wildman–Crippen LogP) is 4.37. The van der Waals surface area contributed by atoms with Crippen molar-refractivity contribution in [3.05, 3.63) is 47.5 Å². The minimum Gasteiger partial charge on any atom is -0.355 e. The van der Waals surface area contributed by atoms with E-state index in [1.807, 2.05) is 0 Å². The van der Waals surface area contributed by atoms with Gasteiger partial charge in [-0.15, -0.1) is 10.2 Å². The van der Waals surface area contributed by atoms with Gasteiger partial charge in [-0.1, -0.05) is 38.1 Å². The summed E-state index contributed by atoms with van der Waals surface area (Å²) in [5.74, 6) is 2.75. The van der Waals surface area contributed by atoms with Crippen molar-refractivity contribution < 1.29 is 4.79 Å². The second-order valence-corrected chi connectivity index (χ2v) is 9.53. The molecule has 2 aliphatic rings. The highest BCUT2D eigenvalue weighted by molar-refractivity contribution is 5.80. The molecule has 32 heavy (non-hydrogen) atoms. The number of aromatic nitrogens is 2. The van der Waals surface area contributed by atoms with Crippen LogP contribution in [0.15, 0.2) is 36.4 Å². The molecule has 1 amide bonds. The Balaban J connectivity index is 1.33. The van der Waals surface area contributed by atoms with Gasteiger partial charge in [0.1, 0.15) is 0 Å².